The summed E-state index contributed by atoms with van der Waals surface area (Å²) in [6, 6.07) is 9.29. The van der Waals surface area contributed by atoms with Gasteiger partial charge in [0.15, 0.2) is 0 Å². The lowest BCUT2D eigenvalue weighted by molar-refractivity contribution is -0.138. The SMILES string of the molecule is FC(F)(F)c1cccc(CN=NCc2cccc(C(F)(F)F)c2)c1. The maximum Gasteiger partial charge on any atom is 0.416 e. The van der Waals surface area contributed by atoms with Crippen molar-refractivity contribution in [3.63, 3.8) is 0 Å². The normalized spacial score (nSPS) is 12.8. The van der Waals surface area contributed by atoms with Crippen molar-refractivity contribution in [1.29, 1.82) is 0 Å². The van der Waals surface area contributed by atoms with Crippen molar-refractivity contribution in [2.45, 2.75) is 25.4 Å². The van der Waals surface area contributed by atoms with Gasteiger partial charge in [0.25, 0.3) is 0 Å². The van der Waals surface area contributed by atoms with E-state index in [9.17, 15) is 26.3 Å². The molecule has 0 amide bonds. The molecule has 128 valence electrons. The molecule has 0 radical (unpaired) electrons. The van der Waals surface area contributed by atoms with Crippen LogP contribution in [0.3, 0.4) is 0 Å². The summed E-state index contributed by atoms with van der Waals surface area (Å²) in [6.45, 7) is -0.161. The van der Waals surface area contributed by atoms with Crippen LogP contribution in [0.2, 0.25) is 0 Å². The minimum Gasteiger partial charge on any atom is -0.189 e. The lowest BCUT2D eigenvalue weighted by atomic mass is 10.1. The van der Waals surface area contributed by atoms with E-state index in [4.69, 9.17) is 0 Å². The summed E-state index contributed by atoms with van der Waals surface area (Å²) >= 11 is 0. The predicted octanol–water partition coefficient (Wildman–Crippen LogP) is 5.88. The second kappa shape index (κ2) is 7.02. The van der Waals surface area contributed by atoms with Crippen molar-refractivity contribution >= 4 is 0 Å². The molecule has 0 bridgehead atoms. The van der Waals surface area contributed by atoms with E-state index in [0.29, 0.717) is 11.1 Å². The van der Waals surface area contributed by atoms with Gasteiger partial charge < -0.3 is 0 Å². The first-order chi connectivity index (χ1) is 11.2. The van der Waals surface area contributed by atoms with Crippen LogP contribution in [-0.2, 0) is 25.4 Å². The first-order valence-electron chi connectivity index (χ1n) is 6.82. The molecule has 0 heterocycles. The first kappa shape index (κ1) is 18.0. The molecule has 0 aliphatic rings. The first-order valence-corrected chi connectivity index (χ1v) is 6.82. The van der Waals surface area contributed by atoms with Crippen LogP contribution in [0.1, 0.15) is 22.3 Å². The third-order valence-electron chi connectivity index (χ3n) is 3.12. The number of nitrogens with zero attached hydrogens (tertiary/aromatic N) is 2. The van der Waals surface area contributed by atoms with Crippen molar-refractivity contribution in [2.24, 2.45) is 10.2 Å². The predicted molar refractivity (Wildman–Crippen MR) is 75.2 cm³/mol. The van der Waals surface area contributed by atoms with E-state index in [2.05, 4.69) is 10.2 Å². The molecule has 0 aliphatic heterocycles. The molecule has 0 atom stereocenters. The number of hydrogen-bond donors (Lipinski definition) is 0. The van der Waals surface area contributed by atoms with Crippen LogP contribution >= 0.6 is 0 Å². The summed E-state index contributed by atoms with van der Waals surface area (Å²) in [5.74, 6) is 0. The molecular weight excluding hydrogens is 334 g/mol. The molecule has 0 aliphatic carbocycles. The largest absolute Gasteiger partial charge is 0.416 e. The highest BCUT2D eigenvalue weighted by molar-refractivity contribution is 5.26. The van der Waals surface area contributed by atoms with Gasteiger partial charge in [-0.05, 0) is 35.4 Å². The molecule has 0 fully saturated rings. The van der Waals surface area contributed by atoms with Gasteiger partial charge in [-0.25, -0.2) is 0 Å². The van der Waals surface area contributed by atoms with E-state index in [-0.39, 0.29) is 13.1 Å². The Morgan fingerprint density at radius 1 is 0.625 bits per heavy atom. The monoisotopic (exact) mass is 346 g/mol. The summed E-state index contributed by atoms with van der Waals surface area (Å²) in [4.78, 5) is 0. The molecule has 2 rings (SSSR count). The minimum atomic E-state index is -4.44. The van der Waals surface area contributed by atoms with Crippen LogP contribution in [0.4, 0.5) is 26.3 Å². The molecule has 0 unspecified atom stereocenters. The third-order valence-corrected chi connectivity index (χ3v) is 3.12. The number of rotatable bonds is 4. The van der Waals surface area contributed by atoms with Crippen LogP contribution in [0.25, 0.3) is 0 Å². The van der Waals surface area contributed by atoms with Gasteiger partial charge in [-0.15, -0.1) is 0 Å². The van der Waals surface area contributed by atoms with Crippen molar-refractivity contribution in [3.05, 3.63) is 70.8 Å². The molecule has 0 spiro atoms. The van der Waals surface area contributed by atoms with E-state index >= 15 is 0 Å². The average molecular weight is 346 g/mol. The van der Waals surface area contributed by atoms with Crippen molar-refractivity contribution in [1.82, 2.24) is 0 Å². The third kappa shape index (κ3) is 5.07. The van der Waals surface area contributed by atoms with Crippen LogP contribution in [0, 0.1) is 0 Å². The summed E-state index contributed by atoms with van der Waals surface area (Å²) < 4.78 is 75.4. The van der Waals surface area contributed by atoms with E-state index in [1.165, 1.54) is 24.3 Å². The maximum absolute atomic E-state index is 12.6. The standard InChI is InChI=1S/C16H12F6N2/c17-15(18,19)13-5-1-3-11(7-13)9-23-24-10-12-4-2-6-14(8-12)16(20,21)22/h1-8H,9-10H2. The van der Waals surface area contributed by atoms with Gasteiger partial charge in [0.2, 0.25) is 0 Å². The second-order valence-corrected chi connectivity index (χ2v) is 5.00. The molecule has 0 saturated carbocycles. The number of azo groups is 1. The lowest BCUT2D eigenvalue weighted by Crippen LogP contribution is -2.05. The quantitative estimate of drug-likeness (QED) is 0.488. The highest BCUT2D eigenvalue weighted by atomic mass is 19.4. The molecule has 0 saturated heterocycles. The Morgan fingerprint density at radius 3 is 1.33 bits per heavy atom. The zero-order valence-corrected chi connectivity index (χ0v) is 12.2. The van der Waals surface area contributed by atoms with Crippen LogP contribution in [0.5, 0.6) is 0 Å². The number of hydrogen-bond acceptors (Lipinski definition) is 2. The molecule has 8 heteroatoms. The van der Waals surface area contributed by atoms with Gasteiger partial charge in [0.1, 0.15) is 0 Å². The van der Waals surface area contributed by atoms with E-state index in [1.807, 2.05) is 0 Å². The number of benzene rings is 2. The summed E-state index contributed by atoms with van der Waals surface area (Å²) in [6.07, 6.45) is -8.88. The summed E-state index contributed by atoms with van der Waals surface area (Å²) in [7, 11) is 0. The van der Waals surface area contributed by atoms with Gasteiger partial charge in [-0.1, -0.05) is 24.3 Å². The molecule has 2 aromatic rings. The fraction of sp³-hybridized carbons (Fsp3) is 0.250. The van der Waals surface area contributed by atoms with Gasteiger partial charge in [0.05, 0.1) is 24.2 Å². The van der Waals surface area contributed by atoms with Crippen LogP contribution in [0.15, 0.2) is 58.8 Å². The Kier molecular flexibility index (Phi) is 5.26. The number of alkyl halides is 6. The Bertz CT molecular complexity index is 657. The molecular formula is C16H12F6N2. The summed E-state index contributed by atoms with van der Waals surface area (Å²) in [5, 5.41) is 7.46. The second-order valence-electron chi connectivity index (χ2n) is 5.00. The fourth-order valence-electron chi connectivity index (χ4n) is 1.96. The van der Waals surface area contributed by atoms with Crippen LogP contribution < -0.4 is 0 Å². The topological polar surface area (TPSA) is 24.7 Å². The van der Waals surface area contributed by atoms with Crippen molar-refractivity contribution in [2.75, 3.05) is 0 Å². The highest BCUT2D eigenvalue weighted by Gasteiger charge is 2.31. The van der Waals surface area contributed by atoms with Gasteiger partial charge in [-0.3, -0.25) is 0 Å². The Labute approximate surface area is 133 Å². The smallest absolute Gasteiger partial charge is 0.189 e. The highest BCUT2D eigenvalue weighted by Crippen LogP contribution is 2.30. The Hall–Kier alpha value is -2.38. The molecule has 24 heavy (non-hydrogen) atoms. The Morgan fingerprint density at radius 2 is 1.00 bits per heavy atom. The van der Waals surface area contributed by atoms with Gasteiger partial charge in [0, 0.05) is 0 Å². The Balaban J connectivity index is 1.99. The maximum atomic E-state index is 12.6. The minimum absolute atomic E-state index is 0.0805. The zero-order chi connectivity index (χ0) is 17.8. The summed E-state index contributed by atoms with van der Waals surface area (Å²) in [5.41, 5.74) is -0.934. The molecule has 2 nitrogen and oxygen atoms in total. The van der Waals surface area contributed by atoms with Gasteiger partial charge >= 0.3 is 12.4 Å². The fourth-order valence-corrected chi connectivity index (χ4v) is 1.96. The average Bonchev–Trinajstić information content (AvgIpc) is 2.51. The molecule has 2 aromatic carbocycles. The van der Waals surface area contributed by atoms with Crippen molar-refractivity contribution in [3.8, 4) is 0 Å². The zero-order valence-electron chi connectivity index (χ0n) is 12.2. The molecule has 0 N–H and O–H groups in total. The van der Waals surface area contributed by atoms with E-state index < -0.39 is 23.5 Å². The lowest BCUT2D eigenvalue weighted by Gasteiger charge is -2.07. The van der Waals surface area contributed by atoms with E-state index in [1.54, 1.807) is 0 Å². The van der Waals surface area contributed by atoms with E-state index in [0.717, 1.165) is 24.3 Å². The number of halogens is 6. The van der Waals surface area contributed by atoms with Crippen molar-refractivity contribution < 1.29 is 26.3 Å². The molecule has 0 aromatic heterocycles. The van der Waals surface area contributed by atoms with Gasteiger partial charge in [-0.2, -0.15) is 36.6 Å². The van der Waals surface area contributed by atoms with Crippen LogP contribution in [-0.4, -0.2) is 0 Å².